The molecule has 0 aliphatic carbocycles. The summed E-state index contributed by atoms with van der Waals surface area (Å²) in [5.41, 5.74) is 1.65. The summed E-state index contributed by atoms with van der Waals surface area (Å²) in [6.07, 6.45) is -0.317. The van der Waals surface area contributed by atoms with E-state index in [0.717, 1.165) is 11.3 Å². The van der Waals surface area contributed by atoms with Gasteiger partial charge < -0.3 is 14.7 Å². The molecule has 1 fully saturated rings. The van der Waals surface area contributed by atoms with Crippen LogP contribution in [0.1, 0.15) is 17.2 Å². The molecule has 3 rings (SSSR count). The van der Waals surface area contributed by atoms with Gasteiger partial charge in [0.15, 0.2) is 0 Å². The summed E-state index contributed by atoms with van der Waals surface area (Å²) >= 11 is 0. The van der Waals surface area contributed by atoms with Crippen LogP contribution < -0.4 is 5.56 Å². The summed E-state index contributed by atoms with van der Waals surface area (Å²) < 4.78 is 5.23. The van der Waals surface area contributed by atoms with Crippen LogP contribution in [0.3, 0.4) is 0 Å². The Balaban J connectivity index is 1.47. The van der Waals surface area contributed by atoms with E-state index in [0.29, 0.717) is 13.1 Å². The van der Waals surface area contributed by atoms with Gasteiger partial charge in [-0.15, -0.1) is 0 Å². The molecule has 0 spiro atoms. The maximum Gasteiger partial charge on any atom is 0.410 e. The number of likely N-dealkylation sites (tertiary alicyclic amines) is 1. The highest BCUT2D eigenvalue weighted by molar-refractivity contribution is 5.69. The first-order valence-corrected chi connectivity index (χ1v) is 6.45. The third kappa shape index (κ3) is 2.59. The second-order valence-corrected chi connectivity index (χ2v) is 4.86. The van der Waals surface area contributed by atoms with E-state index in [9.17, 15) is 9.59 Å². The second kappa shape index (κ2) is 5.24. The van der Waals surface area contributed by atoms with Gasteiger partial charge in [-0.1, -0.05) is 30.3 Å². The molecule has 0 bridgehead atoms. The topological polar surface area (TPSA) is 78.2 Å². The molecule has 0 saturated carbocycles. The van der Waals surface area contributed by atoms with Gasteiger partial charge in [0, 0.05) is 30.8 Å². The average molecular weight is 273 g/mol. The van der Waals surface area contributed by atoms with Gasteiger partial charge in [0.1, 0.15) is 6.61 Å². The average Bonchev–Trinajstić information content (AvgIpc) is 2.82. The van der Waals surface area contributed by atoms with Crippen LogP contribution in [-0.2, 0) is 11.3 Å². The van der Waals surface area contributed by atoms with Crippen LogP contribution in [0, 0.1) is 0 Å². The molecule has 6 nitrogen and oxygen atoms in total. The van der Waals surface area contributed by atoms with E-state index in [4.69, 9.17) is 4.74 Å². The summed E-state index contributed by atoms with van der Waals surface area (Å²) in [5, 5.41) is 5.30. The summed E-state index contributed by atoms with van der Waals surface area (Å²) in [5.74, 6) is 0.179. The number of aromatic amines is 2. The van der Waals surface area contributed by atoms with Gasteiger partial charge in [-0.2, -0.15) is 0 Å². The number of H-pyrrole nitrogens is 2. The van der Waals surface area contributed by atoms with Gasteiger partial charge in [-0.05, 0) is 5.56 Å². The Morgan fingerprint density at radius 3 is 2.65 bits per heavy atom. The van der Waals surface area contributed by atoms with E-state index in [2.05, 4.69) is 10.2 Å². The molecule has 1 aromatic carbocycles. The Labute approximate surface area is 115 Å². The SMILES string of the molecule is O=C(OCc1ccccc1)N1CC(c2cc(=O)[nH][nH]2)C1. The summed E-state index contributed by atoms with van der Waals surface area (Å²) in [4.78, 5) is 24.4. The van der Waals surface area contributed by atoms with E-state index >= 15 is 0 Å². The van der Waals surface area contributed by atoms with Gasteiger partial charge in [0.2, 0.25) is 0 Å². The third-order valence-electron chi connectivity index (χ3n) is 3.40. The minimum atomic E-state index is -0.317. The zero-order valence-electron chi connectivity index (χ0n) is 10.8. The van der Waals surface area contributed by atoms with Crippen molar-refractivity contribution in [3.63, 3.8) is 0 Å². The van der Waals surface area contributed by atoms with Crippen molar-refractivity contribution in [3.05, 3.63) is 58.0 Å². The number of amides is 1. The quantitative estimate of drug-likeness (QED) is 0.888. The van der Waals surface area contributed by atoms with Gasteiger partial charge in [0.25, 0.3) is 5.56 Å². The van der Waals surface area contributed by atoms with E-state index in [1.54, 1.807) is 4.90 Å². The molecule has 2 N–H and O–H groups in total. The van der Waals surface area contributed by atoms with Crippen LogP contribution in [0.25, 0.3) is 0 Å². The standard InChI is InChI=1S/C14H15N3O3/c18-13-6-12(15-16-13)11-7-17(8-11)14(19)20-9-10-4-2-1-3-5-10/h1-6,11H,7-9H2,(H2,15,16,18). The lowest BCUT2D eigenvalue weighted by Crippen LogP contribution is -2.48. The van der Waals surface area contributed by atoms with Crippen molar-refractivity contribution >= 4 is 6.09 Å². The summed E-state index contributed by atoms with van der Waals surface area (Å²) in [7, 11) is 0. The lowest BCUT2D eigenvalue weighted by atomic mass is 9.97. The van der Waals surface area contributed by atoms with Crippen molar-refractivity contribution < 1.29 is 9.53 Å². The number of hydrogen-bond acceptors (Lipinski definition) is 3. The monoisotopic (exact) mass is 273 g/mol. The van der Waals surface area contributed by atoms with Crippen LogP contribution in [0.4, 0.5) is 4.79 Å². The van der Waals surface area contributed by atoms with Gasteiger partial charge in [-0.25, -0.2) is 4.79 Å². The lowest BCUT2D eigenvalue weighted by Gasteiger charge is -2.37. The van der Waals surface area contributed by atoms with Crippen LogP contribution in [0.5, 0.6) is 0 Å². The fraction of sp³-hybridized carbons (Fsp3) is 0.286. The van der Waals surface area contributed by atoms with Crippen molar-refractivity contribution in [1.29, 1.82) is 0 Å². The van der Waals surface area contributed by atoms with Crippen LogP contribution >= 0.6 is 0 Å². The maximum absolute atomic E-state index is 11.8. The number of rotatable bonds is 3. The number of carbonyl (C=O) groups is 1. The molecule has 0 radical (unpaired) electrons. The minimum absolute atomic E-state index is 0.148. The minimum Gasteiger partial charge on any atom is -0.445 e. The summed E-state index contributed by atoms with van der Waals surface area (Å²) in [6.45, 7) is 1.42. The maximum atomic E-state index is 11.8. The van der Waals surface area contributed by atoms with Gasteiger partial charge in [-0.3, -0.25) is 9.89 Å². The van der Waals surface area contributed by atoms with Crippen molar-refractivity contribution in [3.8, 4) is 0 Å². The first-order chi connectivity index (χ1) is 9.72. The van der Waals surface area contributed by atoms with Gasteiger partial charge >= 0.3 is 6.09 Å². The number of nitrogens with one attached hydrogen (secondary N) is 2. The zero-order valence-corrected chi connectivity index (χ0v) is 10.8. The molecule has 1 aliphatic rings. The molecule has 6 heteroatoms. The number of aromatic nitrogens is 2. The first kappa shape index (κ1) is 12.5. The highest BCUT2D eigenvalue weighted by Gasteiger charge is 2.33. The van der Waals surface area contributed by atoms with Gasteiger partial charge in [0.05, 0.1) is 0 Å². The predicted octanol–water partition coefficient (Wildman–Crippen LogP) is 1.44. The van der Waals surface area contributed by atoms with Crippen LogP contribution in [0.2, 0.25) is 0 Å². The van der Waals surface area contributed by atoms with Crippen LogP contribution in [0.15, 0.2) is 41.2 Å². The Hall–Kier alpha value is -2.50. The Morgan fingerprint density at radius 1 is 1.25 bits per heavy atom. The lowest BCUT2D eigenvalue weighted by molar-refractivity contribution is 0.0657. The molecule has 0 atom stereocenters. The smallest absolute Gasteiger partial charge is 0.410 e. The number of ether oxygens (including phenoxy) is 1. The van der Waals surface area contributed by atoms with Crippen LogP contribution in [-0.4, -0.2) is 34.3 Å². The van der Waals surface area contributed by atoms with Crippen molar-refractivity contribution in [2.45, 2.75) is 12.5 Å². The molecule has 104 valence electrons. The molecule has 1 amide bonds. The molecule has 2 heterocycles. The molecule has 1 aliphatic heterocycles. The number of hydrogen-bond donors (Lipinski definition) is 2. The number of nitrogens with zero attached hydrogens (tertiary/aromatic N) is 1. The second-order valence-electron chi connectivity index (χ2n) is 4.86. The van der Waals surface area contributed by atoms with Crippen molar-refractivity contribution in [2.75, 3.05) is 13.1 Å². The molecule has 1 saturated heterocycles. The Kier molecular flexibility index (Phi) is 3.28. The Bertz CT molecular complexity index is 641. The molecular weight excluding hydrogens is 258 g/mol. The molecule has 2 aromatic rings. The van der Waals surface area contributed by atoms with E-state index in [-0.39, 0.29) is 24.2 Å². The number of carbonyl (C=O) groups excluding carboxylic acids is 1. The first-order valence-electron chi connectivity index (χ1n) is 6.45. The van der Waals surface area contributed by atoms with Crippen molar-refractivity contribution in [1.82, 2.24) is 15.1 Å². The van der Waals surface area contributed by atoms with E-state index < -0.39 is 0 Å². The van der Waals surface area contributed by atoms with Crippen molar-refractivity contribution in [2.24, 2.45) is 0 Å². The largest absolute Gasteiger partial charge is 0.445 e. The normalized spacial score (nSPS) is 14.9. The molecular formula is C14H15N3O3. The zero-order chi connectivity index (χ0) is 13.9. The highest BCUT2D eigenvalue weighted by atomic mass is 16.6. The molecule has 0 unspecified atom stereocenters. The van der Waals surface area contributed by atoms with E-state index in [1.807, 2.05) is 30.3 Å². The summed E-state index contributed by atoms with van der Waals surface area (Å²) in [6, 6.07) is 11.1. The molecule has 20 heavy (non-hydrogen) atoms. The fourth-order valence-corrected chi connectivity index (χ4v) is 2.20. The van der Waals surface area contributed by atoms with E-state index in [1.165, 1.54) is 6.07 Å². The third-order valence-corrected chi connectivity index (χ3v) is 3.40. The number of benzene rings is 1. The Morgan fingerprint density at radius 2 is 2.00 bits per heavy atom. The highest BCUT2D eigenvalue weighted by Crippen LogP contribution is 2.25. The fourth-order valence-electron chi connectivity index (χ4n) is 2.20. The predicted molar refractivity (Wildman–Crippen MR) is 72.4 cm³/mol. The molecule has 1 aromatic heterocycles.